The van der Waals surface area contributed by atoms with E-state index in [4.69, 9.17) is 14.0 Å². The van der Waals surface area contributed by atoms with Gasteiger partial charge in [-0.2, -0.15) is 0 Å². The summed E-state index contributed by atoms with van der Waals surface area (Å²) in [5, 5.41) is 5.10. The summed E-state index contributed by atoms with van der Waals surface area (Å²) < 4.78 is 30.8. The first-order chi connectivity index (χ1) is 17.4. The van der Waals surface area contributed by atoms with Gasteiger partial charge in [0.1, 0.15) is 5.82 Å². The molecule has 200 valence electrons. The smallest absolute Gasteiger partial charge is 0.435 e. The molecule has 0 N–H and O–H groups in total. The Morgan fingerprint density at radius 1 is 1.22 bits per heavy atom. The van der Waals surface area contributed by atoms with Crippen LogP contribution in [0.25, 0.3) is 11.0 Å². The lowest BCUT2D eigenvalue weighted by molar-refractivity contribution is 0.0122. The first-order valence-corrected chi connectivity index (χ1v) is 12.7. The Morgan fingerprint density at radius 3 is 2.76 bits per heavy atom. The number of halogens is 2. The Balaban J connectivity index is 0.00000320. The fourth-order valence-corrected chi connectivity index (χ4v) is 5.34. The molecule has 3 aromatic rings. The number of piperidine rings is 1. The molecule has 5 rings (SSSR count). The van der Waals surface area contributed by atoms with Gasteiger partial charge in [0.05, 0.1) is 12.3 Å². The summed E-state index contributed by atoms with van der Waals surface area (Å²) in [4.78, 5) is 32.2. The van der Waals surface area contributed by atoms with Gasteiger partial charge >= 0.3 is 6.16 Å². The van der Waals surface area contributed by atoms with E-state index in [1.54, 1.807) is 17.6 Å². The fraction of sp³-hybridized carbons (Fsp3) is 0.538. The Hall–Kier alpha value is -2.98. The molecule has 1 unspecified atom stereocenters. The second-order valence-corrected chi connectivity index (χ2v) is 9.50. The Kier molecular flexibility index (Phi) is 8.49. The second kappa shape index (κ2) is 11.6. The molecule has 0 saturated carbocycles. The van der Waals surface area contributed by atoms with E-state index >= 15 is 0 Å². The number of carbonyl (C=O) groups excluding carboxylic acids is 1. The molecule has 2 aromatic heterocycles. The zero-order valence-corrected chi connectivity index (χ0v) is 21.9. The van der Waals surface area contributed by atoms with E-state index in [9.17, 15) is 14.0 Å². The van der Waals surface area contributed by atoms with E-state index in [0.29, 0.717) is 42.1 Å². The molecule has 1 aromatic carbocycles. The molecular formula is C26H32ClFN4O5. The van der Waals surface area contributed by atoms with Gasteiger partial charge in [0.15, 0.2) is 17.5 Å². The number of hydrogen-bond acceptors (Lipinski definition) is 8. The van der Waals surface area contributed by atoms with Crippen LogP contribution < -0.4 is 5.56 Å². The monoisotopic (exact) mass is 534 g/mol. The van der Waals surface area contributed by atoms with Crippen molar-refractivity contribution in [2.24, 2.45) is 0 Å². The van der Waals surface area contributed by atoms with Crippen LogP contribution in [0, 0.1) is 12.7 Å². The topological polar surface area (TPSA) is 99.7 Å². The number of hydrogen-bond donors (Lipinski definition) is 0. The summed E-state index contributed by atoms with van der Waals surface area (Å²) >= 11 is 0. The number of rotatable bonds is 6. The van der Waals surface area contributed by atoms with Crippen molar-refractivity contribution in [3.63, 3.8) is 0 Å². The van der Waals surface area contributed by atoms with Crippen molar-refractivity contribution in [3.05, 3.63) is 57.1 Å². The summed E-state index contributed by atoms with van der Waals surface area (Å²) in [6, 6.07) is 4.56. The lowest BCUT2D eigenvalue weighted by Crippen LogP contribution is -2.38. The van der Waals surface area contributed by atoms with Gasteiger partial charge in [-0.05, 0) is 71.2 Å². The van der Waals surface area contributed by atoms with Crippen LogP contribution in [-0.4, -0.2) is 52.0 Å². The number of ether oxygens (including phenoxy) is 2. The molecule has 1 fully saturated rings. The molecule has 2 aliphatic heterocycles. The van der Waals surface area contributed by atoms with E-state index in [2.05, 4.69) is 15.0 Å². The number of aromatic nitrogens is 3. The molecule has 0 spiro atoms. The maximum Gasteiger partial charge on any atom is 0.508 e. The molecule has 1 saturated heterocycles. The van der Waals surface area contributed by atoms with Gasteiger partial charge < -0.3 is 18.9 Å². The van der Waals surface area contributed by atoms with Gasteiger partial charge in [0.25, 0.3) is 5.56 Å². The molecule has 37 heavy (non-hydrogen) atoms. The van der Waals surface area contributed by atoms with Gasteiger partial charge in [-0.15, -0.1) is 12.4 Å². The van der Waals surface area contributed by atoms with E-state index in [0.717, 1.165) is 50.0 Å². The molecule has 4 heterocycles. The summed E-state index contributed by atoms with van der Waals surface area (Å²) in [5.74, 6) is 0.438. The zero-order chi connectivity index (χ0) is 25.2. The summed E-state index contributed by atoms with van der Waals surface area (Å²) in [6.45, 7) is 6.89. The molecule has 0 aliphatic carbocycles. The lowest BCUT2D eigenvalue weighted by atomic mass is 9.91. The van der Waals surface area contributed by atoms with Crippen LogP contribution in [0.2, 0.25) is 0 Å². The van der Waals surface area contributed by atoms with Crippen LogP contribution in [-0.2, 0) is 22.4 Å². The summed E-state index contributed by atoms with van der Waals surface area (Å²) in [6.07, 6.45) is 2.51. The average molecular weight is 535 g/mol. The maximum atomic E-state index is 13.5. The average Bonchev–Trinajstić information content (AvgIpc) is 3.28. The highest BCUT2D eigenvalue weighted by Crippen LogP contribution is 2.33. The van der Waals surface area contributed by atoms with Crippen molar-refractivity contribution in [3.8, 4) is 0 Å². The molecule has 1 atom stereocenters. The first-order valence-electron chi connectivity index (χ1n) is 12.7. The number of carbonyl (C=O) groups is 1. The van der Waals surface area contributed by atoms with Crippen LogP contribution in [0.3, 0.4) is 0 Å². The second-order valence-electron chi connectivity index (χ2n) is 9.50. The summed E-state index contributed by atoms with van der Waals surface area (Å²) in [7, 11) is 0. The zero-order valence-electron chi connectivity index (χ0n) is 21.1. The molecule has 11 heteroatoms. The number of aryl methyl sites for hydroxylation is 1. The quantitative estimate of drug-likeness (QED) is 0.420. The van der Waals surface area contributed by atoms with E-state index in [1.807, 2.05) is 6.92 Å². The predicted octanol–water partition coefficient (Wildman–Crippen LogP) is 4.68. The normalized spacial score (nSPS) is 18.3. The lowest BCUT2D eigenvalue weighted by Gasteiger charge is -2.31. The van der Waals surface area contributed by atoms with Crippen LogP contribution in [0.15, 0.2) is 27.5 Å². The fourth-order valence-electron chi connectivity index (χ4n) is 5.34. The van der Waals surface area contributed by atoms with Gasteiger partial charge in [-0.25, -0.2) is 14.2 Å². The summed E-state index contributed by atoms with van der Waals surface area (Å²) in [5.41, 5.74) is 2.73. The SMILES string of the molecule is CCOC(=O)OC1CCCn2c1nc(C)c(CCN1CCC(c3noc4cc(F)ccc34)CC1)c2=O.Cl. The van der Waals surface area contributed by atoms with Gasteiger partial charge in [0, 0.05) is 41.7 Å². The molecule has 0 bridgehead atoms. The van der Waals surface area contributed by atoms with Crippen molar-refractivity contribution in [2.75, 3.05) is 26.2 Å². The molecule has 0 amide bonds. The van der Waals surface area contributed by atoms with Crippen molar-refractivity contribution < 1.29 is 23.2 Å². The molecule has 9 nitrogen and oxygen atoms in total. The minimum atomic E-state index is -0.735. The standard InChI is InChI=1S/C26H31FN4O5.ClH/c1-3-34-26(33)35-21-5-4-11-31-24(21)28-16(2)19(25(31)32)10-14-30-12-8-17(9-13-30)23-20-7-6-18(27)15-22(20)36-29-23;/h6-7,15,17,21H,3-5,8-14H2,1-2H3;1H. The third kappa shape index (κ3) is 5.65. The van der Waals surface area contributed by atoms with Crippen LogP contribution in [0.5, 0.6) is 0 Å². The highest BCUT2D eigenvalue weighted by molar-refractivity contribution is 5.85. The van der Waals surface area contributed by atoms with Gasteiger partial charge in [-0.3, -0.25) is 9.36 Å². The molecular weight excluding hydrogens is 503 g/mol. The number of nitrogens with zero attached hydrogens (tertiary/aromatic N) is 4. The van der Waals surface area contributed by atoms with Gasteiger partial charge in [0.2, 0.25) is 0 Å². The maximum absolute atomic E-state index is 13.5. The number of benzene rings is 1. The minimum absolute atomic E-state index is 0. The Bertz CT molecular complexity index is 1320. The third-order valence-corrected chi connectivity index (χ3v) is 7.25. The highest BCUT2D eigenvalue weighted by atomic mass is 35.5. The van der Waals surface area contributed by atoms with Crippen molar-refractivity contribution in [1.82, 2.24) is 19.6 Å². The van der Waals surface area contributed by atoms with Crippen LogP contribution in [0.4, 0.5) is 9.18 Å². The Morgan fingerprint density at radius 2 is 2.00 bits per heavy atom. The molecule has 2 aliphatic rings. The van der Waals surface area contributed by atoms with Crippen LogP contribution in [0.1, 0.15) is 67.4 Å². The van der Waals surface area contributed by atoms with Crippen molar-refractivity contribution >= 4 is 29.5 Å². The van der Waals surface area contributed by atoms with Crippen LogP contribution >= 0.6 is 12.4 Å². The highest BCUT2D eigenvalue weighted by Gasteiger charge is 2.29. The van der Waals surface area contributed by atoms with E-state index in [-0.39, 0.29) is 36.3 Å². The molecule has 0 radical (unpaired) electrons. The van der Waals surface area contributed by atoms with Gasteiger partial charge in [-0.1, -0.05) is 5.16 Å². The number of likely N-dealkylation sites (tertiary alicyclic amines) is 1. The van der Waals surface area contributed by atoms with E-state index < -0.39 is 12.3 Å². The first kappa shape index (κ1) is 27.1. The van der Waals surface area contributed by atoms with Crippen molar-refractivity contribution in [1.29, 1.82) is 0 Å². The van der Waals surface area contributed by atoms with E-state index in [1.165, 1.54) is 12.1 Å². The largest absolute Gasteiger partial charge is 0.508 e. The third-order valence-electron chi connectivity index (χ3n) is 7.25. The minimum Gasteiger partial charge on any atom is -0.435 e. The number of fused-ring (bicyclic) bond motifs is 2. The predicted molar refractivity (Wildman–Crippen MR) is 137 cm³/mol. The Labute approximate surface area is 220 Å². The van der Waals surface area contributed by atoms with Crippen molar-refractivity contribution in [2.45, 2.75) is 64.5 Å².